The highest BCUT2D eigenvalue weighted by molar-refractivity contribution is 6.06. The number of carbonyl (C=O) groups excluding carboxylic acids is 2. The van der Waals surface area contributed by atoms with Gasteiger partial charge in [-0.05, 0) is 67.8 Å². The summed E-state index contributed by atoms with van der Waals surface area (Å²) in [6.07, 6.45) is 4.49. The molecule has 0 radical (unpaired) electrons. The zero-order chi connectivity index (χ0) is 31.7. The molecule has 0 bridgehead atoms. The molecule has 0 saturated heterocycles. The number of hydrogen-bond donors (Lipinski definition) is 1. The van der Waals surface area contributed by atoms with Crippen molar-refractivity contribution in [2.45, 2.75) is 32.2 Å². The third-order valence-electron chi connectivity index (χ3n) is 7.85. The van der Waals surface area contributed by atoms with Crippen molar-refractivity contribution in [2.24, 2.45) is 0 Å². The van der Waals surface area contributed by atoms with E-state index in [1.165, 1.54) is 29.0 Å². The van der Waals surface area contributed by atoms with Crippen LogP contribution in [0.2, 0.25) is 0 Å². The van der Waals surface area contributed by atoms with Gasteiger partial charge in [0.2, 0.25) is 0 Å². The average Bonchev–Trinajstić information content (AvgIpc) is 3.05. The van der Waals surface area contributed by atoms with Crippen LogP contribution in [0.25, 0.3) is 10.9 Å². The first-order valence-corrected chi connectivity index (χ1v) is 14.3. The highest BCUT2D eigenvalue weighted by Crippen LogP contribution is 2.37. The molecule has 0 unspecified atom stereocenters. The molecule has 228 valence electrons. The Morgan fingerprint density at radius 1 is 0.933 bits per heavy atom. The van der Waals surface area contributed by atoms with Crippen LogP contribution in [-0.4, -0.2) is 40.4 Å². The molecule has 1 aliphatic rings. The number of Topliss-reactive ketones (excluding diaryl/α,β-unsaturated/α-hetero) is 1. The van der Waals surface area contributed by atoms with Gasteiger partial charge in [-0.25, -0.2) is 9.37 Å². The van der Waals surface area contributed by atoms with Crippen molar-refractivity contribution in [3.05, 3.63) is 112 Å². The van der Waals surface area contributed by atoms with E-state index in [4.69, 9.17) is 14.2 Å². The summed E-state index contributed by atoms with van der Waals surface area (Å²) in [5.41, 5.74) is 1.50. The highest BCUT2D eigenvalue weighted by atomic mass is 19.1. The first-order valence-electron chi connectivity index (χ1n) is 14.3. The number of ketones is 1. The standard InChI is InChI=1S/C34H29FN4O6/c1-19(20-7-9-21(35)10-8-20)39-27-5-4-6-28(40)24(27)15-25(34(39)42)33(41)38-32-12-11-22(18-37-32)45-29-13-14-36-26-17-31(44-3)30(43-2)16-23(26)29/h7-19H,4-6H2,1-3H3,(H,37,38,41)/t19-/m0/s1. The van der Waals surface area contributed by atoms with Crippen molar-refractivity contribution in [2.75, 3.05) is 19.5 Å². The second-order valence-corrected chi connectivity index (χ2v) is 10.6. The minimum Gasteiger partial charge on any atom is -0.493 e. The average molecular weight is 609 g/mol. The van der Waals surface area contributed by atoms with Crippen LogP contribution >= 0.6 is 0 Å². The summed E-state index contributed by atoms with van der Waals surface area (Å²) >= 11 is 0. The lowest BCUT2D eigenvalue weighted by atomic mass is 9.92. The lowest BCUT2D eigenvalue weighted by molar-refractivity contribution is 0.0970. The number of carbonyl (C=O) groups is 2. The second kappa shape index (κ2) is 12.2. The van der Waals surface area contributed by atoms with Crippen LogP contribution in [0.4, 0.5) is 10.2 Å². The van der Waals surface area contributed by atoms with Crippen LogP contribution in [0, 0.1) is 5.82 Å². The fourth-order valence-corrected chi connectivity index (χ4v) is 5.54. The molecular formula is C34H29FN4O6. The Hall–Kier alpha value is -5.58. The van der Waals surface area contributed by atoms with Crippen LogP contribution in [0.3, 0.4) is 0 Å². The maximum atomic E-state index is 13.8. The van der Waals surface area contributed by atoms with Gasteiger partial charge in [-0.3, -0.25) is 19.4 Å². The molecule has 1 N–H and O–H groups in total. The van der Waals surface area contributed by atoms with E-state index in [1.54, 1.807) is 69.8 Å². The minimum atomic E-state index is -0.705. The fraction of sp³-hybridized carbons (Fsp3) is 0.206. The smallest absolute Gasteiger partial charge is 0.264 e. The molecule has 11 heteroatoms. The van der Waals surface area contributed by atoms with Crippen molar-refractivity contribution in [3.63, 3.8) is 0 Å². The number of benzene rings is 2. The third kappa shape index (κ3) is 5.72. The molecular weight excluding hydrogens is 579 g/mol. The summed E-state index contributed by atoms with van der Waals surface area (Å²) in [6.45, 7) is 1.79. The van der Waals surface area contributed by atoms with Crippen molar-refractivity contribution in [1.29, 1.82) is 0 Å². The molecule has 0 saturated carbocycles. The number of aromatic nitrogens is 3. The Morgan fingerprint density at radius 2 is 1.69 bits per heavy atom. The molecule has 1 amide bonds. The lowest BCUT2D eigenvalue weighted by Gasteiger charge is -2.26. The largest absolute Gasteiger partial charge is 0.493 e. The van der Waals surface area contributed by atoms with Gasteiger partial charge in [0, 0.05) is 35.3 Å². The Bertz CT molecular complexity index is 1990. The molecule has 0 fully saturated rings. The number of nitrogens with zero attached hydrogens (tertiary/aromatic N) is 3. The zero-order valence-electron chi connectivity index (χ0n) is 24.8. The van der Waals surface area contributed by atoms with E-state index in [2.05, 4.69) is 15.3 Å². The number of anilines is 1. The Kier molecular flexibility index (Phi) is 7.99. The summed E-state index contributed by atoms with van der Waals surface area (Å²) in [6, 6.07) is 15.0. The van der Waals surface area contributed by atoms with Gasteiger partial charge in [0.25, 0.3) is 11.5 Å². The van der Waals surface area contributed by atoms with Gasteiger partial charge in [-0.15, -0.1) is 0 Å². The second-order valence-electron chi connectivity index (χ2n) is 10.6. The van der Waals surface area contributed by atoms with Gasteiger partial charge in [0.15, 0.2) is 17.3 Å². The van der Waals surface area contributed by atoms with Crippen LogP contribution in [0.15, 0.2) is 77.9 Å². The van der Waals surface area contributed by atoms with E-state index in [1.807, 2.05) is 0 Å². The first-order chi connectivity index (χ1) is 21.8. The molecule has 3 heterocycles. The van der Waals surface area contributed by atoms with Gasteiger partial charge >= 0.3 is 0 Å². The molecule has 1 aliphatic carbocycles. The van der Waals surface area contributed by atoms with E-state index < -0.39 is 23.3 Å². The van der Waals surface area contributed by atoms with Crippen molar-refractivity contribution in [1.82, 2.24) is 14.5 Å². The van der Waals surface area contributed by atoms with Gasteiger partial charge in [-0.1, -0.05) is 12.1 Å². The molecule has 6 rings (SSSR count). The third-order valence-corrected chi connectivity index (χ3v) is 7.85. The number of methoxy groups -OCH3 is 2. The number of nitrogens with one attached hydrogen (secondary N) is 1. The molecule has 3 aromatic heterocycles. The highest BCUT2D eigenvalue weighted by Gasteiger charge is 2.28. The van der Waals surface area contributed by atoms with Gasteiger partial charge in [-0.2, -0.15) is 0 Å². The number of fused-ring (bicyclic) bond motifs is 2. The predicted molar refractivity (Wildman–Crippen MR) is 165 cm³/mol. The summed E-state index contributed by atoms with van der Waals surface area (Å²) in [5.74, 6) is 0.903. The number of hydrogen-bond acceptors (Lipinski definition) is 8. The minimum absolute atomic E-state index is 0.135. The number of pyridine rings is 3. The quantitative estimate of drug-likeness (QED) is 0.224. The molecule has 10 nitrogen and oxygen atoms in total. The van der Waals surface area contributed by atoms with Gasteiger partial charge < -0.3 is 24.1 Å². The van der Waals surface area contributed by atoms with Crippen molar-refractivity contribution >= 4 is 28.4 Å². The first kappa shape index (κ1) is 29.5. The van der Waals surface area contributed by atoms with E-state index in [0.29, 0.717) is 70.0 Å². The predicted octanol–water partition coefficient (Wildman–Crippen LogP) is 6.12. The normalized spacial score (nSPS) is 13.2. The Balaban J connectivity index is 1.27. The molecule has 0 spiro atoms. The number of rotatable bonds is 8. The molecule has 2 aromatic carbocycles. The summed E-state index contributed by atoms with van der Waals surface area (Å²) in [7, 11) is 3.09. The molecule has 1 atom stereocenters. The Morgan fingerprint density at radius 3 is 2.40 bits per heavy atom. The fourth-order valence-electron chi connectivity index (χ4n) is 5.54. The van der Waals surface area contributed by atoms with Crippen LogP contribution in [0.1, 0.15) is 57.8 Å². The van der Waals surface area contributed by atoms with Crippen LogP contribution < -0.4 is 25.1 Å². The molecule has 45 heavy (non-hydrogen) atoms. The van der Waals surface area contributed by atoms with E-state index in [9.17, 15) is 18.8 Å². The topological polar surface area (TPSA) is 122 Å². The number of amides is 1. The maximum Gasteiger partial charge on any atom is 0.264 e. The van der Waals surface area contributed by atoms with Crippen LogP contribution in [0.5, 0.6) is 23.0 Å². The van der Waals surface area contributed by atoms with E-state index >= 15 is 0 Å². The van der Waals surface area contributed by atoms with E-state index in [0.717, 1.165) is 0 Å². The summed E-state index contributed by atoms with van der Waals surface area (Å²) < 4.78 is 31.9. The summed E-state index contributed by atoms with van der Waals surface area (Å²) in [5, 5.41) is 3.36. The number of halogens is 1. The molecule has 5 aromatic rings. The van der Waals surface area contributed by atoms with Crippen LogP contribution in [-0.2, 0) is 6.42 Å². The van der Waals surface area contributed by atoms with Crippen molar-refractivity contribution in [3.8, 4) is 23.0 Å². The van der Waals surface area contributed by atoms with Crippen molar-refractivity contribution < 1.29 is 28.2 Å². The maximum absolute atomic E-state index is 13.8. The Labute approximate surface area is 257 Å². The molecule has 0 aliphatic heterocycles. The van der Waals surface area contributed by atoms with Gasteiger partial charge in [0.05, 0.1) is 32.0 Å². The monoisotopic (exact) mass is 608 g/mol. The number of ether oxygens (including phenoxy) is 3. The summed E-state index contributed by atoms with van der Waals surface area (Å²) in [4.78, 5) is 48.8. The van der Waals surface area contributed by atoms with Gasteiger partial charge in [0.1, 0.15) is 28.7 Å². The SMILES string of the molecule is COc1cc2nccc(Oc3ccc(NC(=O)c4cc5c(n([C@@H](C)c6ccc(F)cc6)c4=O)CCCC5=O)nc3)c2cc1OC. The zero-order valence-corrected chi connectivity index (χ0v) is 24.8. The van der Waals surface area contributed by atoms with E-state index in [-0.39, 0.29) is 17.2 Å². The lowest BCUT2D eigenvalue weighted by Crippen LogP contribution is -2.36.